The summed E-state index contributed by atoms with van der Waals surface area (Å²) in [6.07, 6.45) is 2.04. The molecule has 2 rings (SSSR count). The fourth-order valence-electron chi connectivity index (χ4n) is 1.87. The zero-order valence-corrected chi connectivity index (χ0v) is 10.2. The second kappa shape index (κ2) is 7.60. The molecule has 0 aromatic heterocycles. The summed E-state index contributed by atoms with van der Waals surface area (Å²) < 4.78 is 0. The Morgan fingerprint density at radius 1 is 1.25 bits per heavy atom. The Morgan fingerprint density at radius 3 is 2.25 bits per heavy atom. The van der Waals surface area contributed by atoms with Crippen molar-refractivity contribution in [2.24, 2.45) is 11.7 Å². The Morgan fingerprint density at radius 2 is 1.94 bits per heavy atom. The third-order valence-corrected chi connectivity index (χ3v) is 3.04. The van der Waals surface area contributed by atoms with Gasteiger partial charge in [-0.1, -0.05) is 0 Å². The molecule has 2 heterocycles. The number of primary amides is 1. The molecule has 5 nitrogen and oxygen atoms in total. The van der Waals surface area contributed by atoms with Crippen LogP contribution in [0.15, 0.2) is 0 Å². The number of carbonyl (C=O) groups is 1. The van der Waals surface area contributed by atoms with Crippen molar-refractivity contribution in [2.75, 3.05) is 46.3 Å². The number of hydrogen-bond donors (Lipinski definition) is 3. The molecule has 0 spiro atoms. The van der Waals surface area contributed by atoms with Gasteiger partial charge in [0.25, 0.3) is 0 Å². The SMILES string of the molecule is CN1CCNCC1.NC(=O)C1CCCNC1. The summed E-state index contributed by atoms with van der Waals surface area (Å²) >= 11 is 0. The van der Waals surface area contributed by atoms with Crippen molar-refractivity contribution in [1.29, 1.82) is 0 Å². The topological polar surface area (TPSA) is 70.4 Å². The van der Waals surface area contributed by atoms with E-state index in [0.717, 1.165) is 39.0 Å². The Kier molecular flexibility index (Phi) is 6.37. The van der Waals surface area contributed by atoms with Crippen LogP contribution < -0.4 is 16.4 Å². The number of carbonyl (C=O) groups excluding carboxylic acids is 1. The molecule has 0 radical (unpaired) electrons. The van der Waals surface area contributed by atoms with Crippen LogP contribution in [0.4, 0.5) is 0 Å². The summed E-state index contributed by atoms with van der Waals surface area (Å²) in [6.45, 7) is 6.55. The van der Waals surface area contributed by atoms with Gasteiger partial charge in [-0.2, -0.15) is 0 Å². The standard InChI is InChI=1S/C6H12N2O.C5H12N2/c7-6(9)5-2-1-3-8-4-5;1-7-4-2-6-3-5-7/h5,8H,1-4H2,(H2,7,9);6H,2-5H2,1H3. The molecule has 4 N–H and O–H groups in total. The van der Waals surface area contributed by atoms with Gasteiger partial charge in [0.1, 0.15) is 0 Å². The van der Waals surface area contributed by atoms with Gasteiger partial charge in [0.05, 0.1) is 5.92 Å². The van der Waals surface area contributed by atoms with E-state index in [-0.39, 0.29) is 11.8 Å². The summed E-state index contributed by atoms with van der Waals surface area (Å²) in [7, 11) is 2.15. The molecular weight excluding hydrogens is 204 g/mol. The van der Waals surface area contributed by atoms with Gasteiger partial charge in [0.15, 0.2) is 0 Å². The number of nitrogens with two attached hydrogens (primary N) is 1. The highest BCUT2D eigenvalue weighted by molar-refractivity contribution is 5.76. The number of nitrogens with one attached hydrogen (secondary N) is 2. The van der Waals surface area contributed by atoms with Crippen LogP contribution in [-0.2, 0) is 4.79 Å². The van der Waals surface area contributed by atoms with Crippen LogP contribution in [0, 0.1) is 5.92 Å². The van der Waals surface area contributed by atoms with Crippen LogP contribution in [0.1, 0.15) is 12.8 Å². The molecule has 94 valence electrons. The smallest absolute Gasteiger partial charge is 0.221 e. The number of hydrogen-bond acceptors (Lipinski definition) is 4. The van der Waals surface area contributed by atoms with Gasteiger partial charge < -0.3 is 21.3 Å². The summed E-state index contributed by atoms with van der Waals surface area (Å²) in [4.78, 5) is 12.9. The molecule has 0 aromatic carbocycles. The van der Waals surface area contributed by atoms with E-state index in [0.29, 0.717) is 0 Å². The van der Waals surface area contributed by atoms with Gasteiger partial charge in [-0.15, -0.1) is 0 Å². The van der Waals surface area contributed by atoms with E-state index in [1.807, 2.05) is 0 Å². The summed E-state index contributed by atoms with van der Waals surface area (Å²) in [5, 5.41) is 6.39. The Hall–Kier alpha value is -0.650. The van der Waals surface area contributed by atoms with Crippen molar-refractivity contribution in [3.63, 3.8) is 0 Å². The molecule has 2 saturated heterocycles. The number of rotatable bonds is 1. The molecule has 0 aliphatic carbocycles. The first-order valence-corrected chi connectivity index (χ1v) is 6.09. The second-order valence-corrected chi connectivity index (χ2v) is 4.50. The molecule has 0 aromatic rings. The van der Waals surface area contributed by atoms with Gasteiger partial charge in [-0.05, 0) is 26.4 Å². The molecule has 0 saturated carbocycles. The van der Waals surface area contributed by atoms with Crippen molar-refractivity contribution in [3.05, 3.63) is 0 Å². The zero-order chi connectivity index (χ0) is 11.8. The lowest BCUT2D eigenvalue weighted by Crippen LogP contribution is -2.40. The molecule has 2 aliphatic heterocycles. The van der Waals surface area contributed by atoms with Crippen LogP contribution in [0.25, 0.3) is 0 Å². The van der Waals surface area contributed by atoms with Gasteiger partial charge in [-0.25, -0.2) is 0 Å². The van der Waals surface area contributed by atoms with Crippen molar-refractivity contribution in [1.82, 2.24) is 15.5 Å². The van der Waals surface area contributed by atoms with Crippen molar-refractivity contribution >= 4 is 5.91 Å². The highest BCUT2D eigenvalue weighted by Crippen LogP contribution is 2.07. The van der Waals surface area contributed by atoms with Crippen molar-refractivity contribution in [3.8, 4) is 0 Å². The van der Waals surface area contributed by atoms with E-state index in [2.05, 4.69) is 22.6 Å². The summed E-state index contributed by atoms with van der Waals surface area (Å²) in [5.74, 6) is -0.0825. The zero-order valence-electron chi connectivity index (χ0n) is 10.2. The normalized spacial score (nSPS) is 26.7. The number of nitrogens with zero attached hydrogens (tertiary/aromatic N) is 1. The molecular formula is C11H24N4O. The minimum Gasteiger partial charge on any atom is -0.369 e. The lowest BCUT2D eigenvalue weighted by molar-refractivity contribution is -0.122. The Balaban J connectivity index is 0.000000165. The lowest BCUT2D eigenvalue weighted by Gasteiger charge is -2.21. The van der Waals surface area contributed by atoms with Gasteiger partial charge >= 0.3 is 0 Å². The second-order valence-electron chi connectivity index (χ2n) is 4.50. The van der Waals surface area contributed by atoms with E-state index < -0.39 is 0 Å². The quantitative estimate of drug-likeness (QED) is 0.538. The summed E-state index contributed by atoms with van der Waals surface area (Å²) in [5.41, 5.74) is 5.09. The third kappa shape index (κ3) is 5.44. The lowest BCUT2D eigenvalue weighted by atomic mass is 9.99. The van der Waals surface area contributed by atoms with Crippen molar-refractivity contribution < 1.29 is 4.79 Å². The molecule has 1 atom stereocenters. The van der Waals surface area contributed by atoms with E-state index >= 15 is 0 Å². The first-order valence-electron chi connectivity index (χ1n) is 6.09. The minimum atomic E-state index is -0.165. The molecule has 1 amide bonds. The largest absolute Gasteiger partial charge is 0.369 e. The molecule has 2 aliphatic rings. The van der Waals surface area contributed by atoms with Crippen LogP contribution in [0.5, 0.6) is 0 Å². The first-order chi connectivity index (χ1) is 7.70. The fourth-order valence-corrected chi connectivity index (χ4v) is 1.87. The predicted molar refractivity (Wildman–Crippen MR) is 65.2 cm³/mol. The van der Waals surface area contributed by atoms with E-state index in [1.54, 1.807) is 0 Å². The van der Waals surface area contributed by atoms with Crippen molar-refractivity contribution in [2.45, 2.75) is 12.8 Å². The van der Waals surface area contributed by atoms with E-state index in [1.165, 1.54) is 13.1 Å². The highest BCUT2D eigenvalue weighted by Gasteiger charge is 2.17. The number of likely N-dealkylation sites (N-methyl/N-ethyl adjacent to an activating group) is 1. The maximum atomic E-state index is 10.5. The average Bonchev–Trinajstić information content (AvgIpc) is 2.32. The first kappa shape index (κ1) is 13.4. The van der Waals surface area contributed by atoms with Crippen LogP contribution >= 0.6 is 0 Å². The predicted octanol–water partition coefficient (Wildman–Crippen LogP) is -1.01. The van der Waals surface area contributed by atoms with Gasteiger partial charge in [-0.3, -0.25) is 4.79 Å². The monoisotopic (exact) mass is 228 g/mol. The summed E-state index contributed by atoms with van der Waals surface area (Å²) in [6, 6.07) is 0. The van der Waals surface area contributed by atoms with Crippen LogP contribution in [0.3, 0.4) is 0 Å². The Bertz CT molecular complexity index is 198. The Labute approximate surface area is 97.7 Å². The molecule has 5 heteroatoms. The number of amides is 1. The maximum Gasteiger partial charge on any atom is 0.221 e. The molecule has 1 unspecified atom stereocenters. The van der Waals surface area contributed by atoms with E-state index in [9.17, 15) is 4.79 Å². The third-order valence-electron chi connectivity index (χ3n) is 3.04. The van der Waals surface area contributed by atoms with Gasteiger partial charge in [0, 0.05) is 32.7 Å². The van der Waals surface area contributed by atoms with E-state index in [4.69, 9.17) is 5.73 Å². The molecule has 2 fully saturated rings. The minimum absolute atomic E-state index is 0.0822. The highest BCUT2D eigenvalue weighted by atomic mass is 16.1. The number of piperazine rings is 1. The maximum absolute atomic E-state index is 10.5. The van der Waals surface area contributed by atoms with Crippen LogP contribution in [0.2, 0.25) is 0 Å². The molecule has 0 bridgehead atoms. The fraction of sp³-hybridized carbons (Fsp3) is 0.909. The average molecular weight is 228 g/mol. The van der Waals surface area contributed by atoms with Crippen LogP contribution in [-0.4, -0.2) is 57.1 Å². The molecule has 16 heavy (non-hydrogen) atoms. The van der Waals surface area contributed by atoms with Gasteiger partial charge in [0.2, 0.25) is 5.91 Å². The number of piperidine rings is 1.